The SMILES string of the molecule is Cn1c(=O)oc2ccc(-c3cnccc3C3CCO3)cc21. The molecule has 1 atom stereocenters. The van der Waals surface area contributed by atoms with Crippen molar-refractivity contribution in [1.82, 2.24) is 9.55 Å². The van der Waals surface area contributed by atoms with Gasteiger partial charge in [0.15, 0.2) is 5.58 Å². The molecule has 3 heterocycles. The molecule has 0 bridgehead atoms. The van der Waals surface area contributed by atoms with Gasteiger partial charge in [0, 0.05) is 31.4 Å². The minimum atomic E-state index is -0.351. The predicted molar refractivity (Wildman–Crippen MR) is 78.0 cm³/mol. The summed E-state index contributed by atoms with van der Waals surface area (Å²) in [6.45, 7) is 0.807. The Morgan fingerprint density at radius 2 is 2.19 bits per heavy atom. The van der Waals surface area contributed by atoms with Crippen LogP contribution in [-0.2, 0) is 11.8 Å². The first-order valence-corrected chi connectivity index (χ1v) is 6.89. The van der Waals surface area contributed by atoms with Gasteiger partial charge in [0.1, 0.15) is 0 Å². The first kappa shape index (κ1) is 12.3. The summed E-state index contributed by atoms with van der Waals surface area (Å²) in [6.07, 6.45) is 4.80. The molecule has 5 heteroatoms. The topological polar surface area (TPSA) is 57.3 Å². The van der Waals surface area contributed by atoms with E-state index < -0.39 is 0 Å². The molecule has 2 aromatic heterocycles. The summed E-state index contributed by atoms with van der Waals surface area (Å²) in [4.78, 5) is 15.8. The summed E-state index contributed by atoms with van der Waals surface area (Å²) in [7, 11) is 1.71. The zero-order valence-corrected chi connectivity index (χ0v) is 11.6. The van der Waals surface area contributed by atoms with Gasteiger partial charge in [-0.05, 0) is 29.3 Å². The number of aromatic nitrogens is 2. The Kier molecular flexibility index (Phi) is 2.68. The monoisotopic (exact) mass is 282 g/mol. The molecule has 1 unspecified atom stereocenters. The summed E-state index contributed by atoms with van der Waals surface area (Å²) in [5.41, 5.74) is 4.57. The van der Waals surface area contributed by atoms with E-state index in [1.54, 1.807) is 13.2 Å². The van der Waals surface area contributed by atoms with E-state index in [2.05, 4.69) is 4.98 Å². The van der Waals surface area contributed by atoms with Gasteiger partial charge in [0.25, 0.3) is 0 Å². The maximum Gasteiger partial charge on any atom is 0.419 e. The Bertz CT molecular complexity index is 875. The standard InChI is InChI=1S/C16H14N2O3/c1-18-13-8-10(2-3-15(13)21-16(18)19)12-9-17-6-4-11(12)14-5-7-20-14/h2-4,6,8-9,14H,5,7H2,1H3. The lowest BCUT2D eigenvalue weighted by Crippen LogP contribution is -2.19. The highest BCUT2D eigenvalue weighted by Crippen LogP contribution is 2.36. The fraction of sp³-hybridized carbons (Fsp3) is 0.250. The Morgan fingerprint density at radius 3 is 2.95 bits per heavy atom. The third kappa shape index (κ3) is 1.89. The molecule has 21 heavy (non-hydrogen) atoms. The van der Waals surface area contributed by atoms with Crippen molar-refractivity contribution in [2.24, 2.45) is 7.05 Å². The van der Waals surface area contributed by atoms with E-state index in [0.29, 0.717) is 5.58 Å². The molecule has 106 valence electrons. The Balaban J connectivity index is 1.90. The zero-order chi connectivity index (χ0) is 14.4. The summed E-state index contributed by atoms with van der Waals surface area (Å²) in [5, 5.41) is 0. The maximum atomic E-state index is 11.6. The average Bonchev–Trinajstić information content (AvgIpc) is 2.73. The molecule has 1 aliphatic heterocycles. The third-order valence-corrected chi connectivity index (χ3v) is 4.00. The van der Waals surface area contributed by atoms with Crippen molar-refractivity contribution in [3.8, 4) is 11.1 Å². The van der Waals surface area contributed by atoms with Crippen LogP contribution in [0.5, 0.6) is 0 Å². The quantitative estimate of drug-likeness (QED) is 0.725. The van der Waals surface area contributed by atoms with Gasteiger partial charge in [-0.15, -0.1) is 0 Å². The largest absolute Gasteiger partial charge is 0.419 e. The third-order valence-electron chi connectivity index (χ3n) is 4.00. The summed E-state index contributed by atoms with van der Waals surface area (Å²) < 4.78 is 12.3. The van der Waals surface area contributed by atoms with Gasteiger partial charge >= 0.3 is 5.76 Å². The van der Waals surface area contributed by atoms with Crippen molar-refractivity contribution in [1.29, 1.82) is 0 Å². The van der Waals surface area contributed by atoms with Crippen molar-refractivity contribution >= 4 is 11.1 Å². The van der Waals surface area contributed by atoms with Crippen LogP contribution in [0.4, 0.5) is 0 Å². The smallest absolute Gasteiger partial charge is 0.408 e. The van der Waals surface area contributed by atoms with Crippen LogP contribution in [0.25, 0.3) is 22.2 Å². The summed E-state index contributed by atoms with van der Waals surface area (Å²) in [6, 6.07) is 7.73. The van der Waals surface area contributed by atoms with Crippen molar-refractivity contribution in [2.75, 3.05) is 6.61 Å². The molecule has 4 rings (SSSR count). The van der Waals surface area contributed by atoms with Crippen LogP contribution in [0, 0.1) is 0 Å². The summed E-state index contributed by atoms with van der Waals surface area (Å²) >= 11 is 0. The number of hydrogen-bond acceptors (Lipinski definition) is 4. The van der Waals surface area contributed by atoms with Crippen molar-refractivity contribution in [2.45, 2.75) is 12.5 Å². The molecular weight excluding hydrogens is 268 g/mol. The molecule has 0 N–H and O–H groups in total. The van der Waals surface area contributed by atoms with E-state index >= 15 is 0 Å². The molecule has 1 saturated heterocycles. The molecule has 3 aromatic rings. The maximum absolute atomic E-state index is 11.6. The highest BCUT2D eigenvalue weighted by molar-refractivity contribution is 5.81. The van der Waals surface area contributed by atoms with E-state index in [4.69, 9.17) is 9.15 Å². The zero-order valence-electron chi connectivity index (χ0n) is 11.6. The fourth-order valence-corrected chi connectivity index (χ4v) is 2.70. The van der Waals surface area contributed by atoms with Crippen LogP contribution in [0.3, 0.4) is 0 Å². The number of hydrogen-bond donors (Lipinski definition) is 0. The summed E-state index contributed by atoms with van der Waals surface area (Å²) in [5.74, 6) is -0.351. The first-order chi connectivity index (χ1) is 10.2. The minimum absolute atomic E-state index is 0.145. The normalized spacial score (nSPS) is 17.9. The van der Waals surface area contributed by atoms with Crippen molar-refractivity contribution < 1.29 is 9.15 Å². The van der Waals surface area contributed by atoms with E-state index in [0.717, 1.165) is 35.2 Å². The van der Waals surface area contributed by atoms with Gasteiger partial charge in [-0.2, -0.15) is 0 Å². The number of oxazole rings is 1. The molecule has 0 saturated carbocycles. The van der Waals surface area contributed by atoms with Gasteiger partial charge in [-0.1, -0.05) is 6.07 Å². The van der Waals surface area contributed by atoms with Crippen LogP contribution in [0.2, 0.25) is 0 Å². The van der Waals surface area contributed by atoms with Gasteiger partial charge in [-0.25, -0.2) is 4.79 Å². The second-order valence-corrected chi connectivity index (χ2v) is 5.22. The lowest BCUT2D eigenvalue weighted by atomic mass is 9.95. The van der Waals surface area contributed by atoms with E-state index in [1.165, 1.54) is 4.57 Å². The lowest BCUT2D eigenvalue weighted by molar-refractivity contribution is -0.0524. The number of aryl methyl sites for hydroxylation is 1. The van der Waals surface area contributed by atoms with Gasteiger partial charge in [0.2, 0.25) is 0 Å². The molecule has 0 spiro atoms. The van der Waals surface area contributed by atoms with Crippen LogP contribution < -0.4 is 5.76 Å². The van der Waals surface area contributed by atoms with Crippen molar-refractivity contribution in [3.05, 3.63) is 52.8 Å². The highest BCUT2D eigenvalue weighted by atomic mass is 16.5. The molecule has 1 fully saturated rings. The van der Waals surface area contributed by atoms with E-state index in [9.17, 15) is 4.79 Å². The van der Waals surface area contributed by atoms with E-state index in [1.807, 2.05) is 30.5 Å². The Labute approximate surface area is 120 Å². The van der Waals surface area contributed by atoms with Gasteiger partial charge in [0.05, 0.1) is 18.2 Å². The number of fused-ring (bicyclic) bond motifs is 1. The van der Waals surface area contributed by atoms with Crippen LogP contribution >= 0.6 is 0 Å². The molecule has 5 nitrogen and oxygen atoms in total. The number of nitrogens with zero attached hydrogens (tertiary/aromatic N) is 2. The van der Waals surface area contributed by atoms with Crippen LogP contribution in [0.1, 0.15) is 18.1 Å². The van der Waals surface area contributed by atoms with Crippen molar-refractivity contribution in [3.63, 3.8) is 0 Å². The molecule has 1 aromatic carbocycles. The van der Waals surface area contributed by atoms with Crippen LogP contribution in [-0.4, -0.2) is 16.2 Å². The Hall–Kier alpha value is -2.40. The average molecular weight is 282 g/mol. The Morgan fingerprint density at radius 1 is 1.33 bits per heavy atom. The minimum Gasteiger partial charge on any atom is -0.408 e. The van der Waals surface area contributed by atoms with Gasteiger partial charge < -0.3 is 9.15 Å². The van der Waals surface area contributed by atoms with Crippen LogP contribution in [0.15, 0.2) is 45.9 Å². The number of benzene rings is 1. The highest BCUT2D eigenvalue weighted by Gasteiger charge is 2.23. The fourth-order valence-electron chi connectivity index (χ4n) is 2.70. The molecule has 0 amide bonds. The lowest BCUT2D eigenvalue weighted by Gasteiger charge is -2.28. The number of pyridine rings is 1. The second-order valence-electron chi connectivity index (χ2n) is 5.22. The first-order valence-electron chi connectivity index (χ1n) is 6.89. The van der Waals surface area contributed by atoms with Gasteiger partial charge in [-0.3, -0.25) is 9.55 Å². The molecule has 0 radical (unpaired) electrons. The van der Waals surface area contributed by atoms with E-state index in [-0.39, 0.29) is 11.9 Å². The molecule has 0 aliphatic carbocycles. The number of ether oxygens (including phenoxy) is 1. The number of rotatable bonds is 2. The molecular formula is C16H14N2O3. The molecule has 1 aliphatic rings. The second kappa shape index (κ2) is 4.56. The predicted octanol–water partition coefficient (Wildman–Crippen LogP) is 2.65.